The van der Waals surface area contributed by atoms with Gasteiger partial charge in [0.2, 0.25) is 0 Å². The number of nitrogens with zero attached hydrogens (tertiary/aromatic N) is 3. The molecule has 0 aliphatic heterocycles. The van der Waals surface area contributed by atoms with Crippen molar-refractivity contribution in [3.8, 4) is 0 Å². The lowest BCUT2D eigenvalue weighted by molar-refractivity contribution is 0.0948. The third-order valence-corrected chi connectivity index (χ3v) is 3.94. The van der Waals surface area contributed by atoms with Crippen LogP contribution in [0.2, 0.25) is 0 Å². The molecule has 0 spiro atoms. The van der Waals surface area contributed by atoms with Crippen molar-refractivity contribution in [1.29, 1.82) is 0 Å². The number of amides is 1. The Balaban J connectivity index is 1.63. The number of hydrogen-bond donors (Lipinski definition) is 1. The minimum Gasteiger partial charge on any atom is -0.469 e. The Bertz CT molecular complexity index is 812. The molecule has 2 aromatic heterocycles. The molecular weight excluding hydrogens is 323 g/mol. The SMILES string of the molecule is CCC(c1ccc(F)cc1)n1cc(C(=O)NCCc2ccco2)nn1. The predicted octanol–water partition coefficient (Wildman–Crippen LogP) is 2.98. The molecule has 1 unspecified atom stereocenters. The van der Waals surface area contributed by atoms with E-state index in [2.05, 4.69) is 15.6 Å². The molecule has 1 N–H and O–H groups in total. The van der Waals surface area contributed by atoms with Gasteiger partial charge in [-0.1, -0.05) is 24.3 Å². The van der Waals surface area contributed by atoms with E-state index in [0.29, 0.717) is 13.0 Å². The summed E-state index contributed by atoms with van der Waals surface area (Å²) in [6.45, 7) is 2.45. The molecular formula is C18H19FN4O2. The molecule has 0 fully saturated rings. The summed E-state index contributed by atoms with van der Waals surface area (Å²) in [4.78, 5) is 12.2. The Morgan fingerprint density at radius 1 is 1.32 bits per heavy atom. The van der Waals surface area contributed by atoms with Crippen molar-refractivity contribution in [2.45, 2.75) is 25.8 Å². The Hall–Kier alpha value is -2.96. The summed E-state index contributed by atoms with van der Waals surface area (Å²) in [6.07, 6.45) is 4.57. The first-order valence-electron chi connectivity index (χ1n) is 8.15. The molecule has 25 heavy (non-hydrogen) atoms. The molecule has 3 rings (SSSR count). The summed E-state index contributed by atoms with van der Waals surface area (Å²) in [6, 6.07) is 9.83. The van der Waals surface area contributed by atoms with Crippen LogP contribution in [0.3, 0.4) is 0 Å². The molecule has 1 atom stereocenters. The molecule has 0 bridgehead atoms. The third-order valence-electron chi connectivity index (χ3n) is 3.94. The standard InChI is InChI=1S/C18H19FN4O2/c1-2-17(13-5-7-14(19)8-6-13)23-12-16(21-22-23)18(24)20-10-9-15-4-3-11-25-15/h3-8,11-12,17H,2,9-10H2,1H3,(H,20,24). The zero-order chi connectivity index (χ0) is 17.6. The quantitative estimate of drug-likeness (QED) is 0.716. The van der Waals surface area contributed by atoms with Crippen LogP contribution in [0.4, 0.5) is 4.39 Å². The number of benzene rings is 1. The van der Waals surface area contributed by atoms with Gasteiger partial charge in [0.05, 0.1) is 18.5 Å². The van der Waals surface area contributed by atoms with E-state index >= 15 is 0 Å². The predicted molar refractivity (Wildman–Crippen MR) is 89.6 cm³/mol. The number of nitrogens with one attached hydrogen (secondary N) is 1. The van der Waals surface area contributed by atoms with Crippen LogP contribution in [0.25, 0.3) is 0 Å². The number of aromatic nitrogens is 3. The van der Waals surface area contributed by atoms with Crippen molar-refractivity contribution in [3.05, 3.63) is 71.7 Å². The summed E-state index contributed by atoms with van der Waals surface area (Å²) >= 11 is 0. The van der Waals surface area contributed by atoms with Crippen LogP contribution >= 0.6 is 0 Å². The van der Waals surface area contributed by atoms with Crippen LogP contribution < -0.4 is 5.32 Å². The van der Waals surface area contributed by atoms with E-state index in [9.17, 15) is 9.18 Å². The molecule has 0 radical (unpaired) electrons. The normalized spacial score (nSPS) is 12.1. The van der Waals surface area contributed by atoms with Crippen LogP contribution in [-0.2, 0) is 6.42 Å². The minimum atomic E-state index is -0.285. The van der Waals surface area contributed by atoms with E-state index in [0.717, 1.165) is 17.7 Å². The molecule has 7 heteroatoms. The Morgan fingerprint density at radius 2 is 2.12 bits per heavy atom. The lowest BCUT2D eigenvalue weighted by Crippen LogP contribution is -2.26. The number of rotatable bonds is 7. The van der Waals surface area contributed by atoms with Gasteiger partial charge in [-0.05, 0) is 36.2 Å². The highest BCUT2D eigenvalue weighted by atomic mass is 19.1. The number of furan rings is 1. The zero-order valence-corrected chi connectivity index (χ0v) is 13.9. The topological polar surface area (TPSA) is 73.0 Å². The fraction of sp³-hybridized carbons (Fsp3) is 0.278. The smallest absolute Gasteiger partial charge is 0.273 e. The van der Waals surface area contributed by atoms with Gasteiger partial charge in [0.1, 0.15) is 11.6 Å². The molecule has 6 nitrogen and oxygen atoms in total. The summed E-state index contributed by atoms with van der Waals surface area (Å²) in [5.74, 6) is 0.242. The first-order valence-corrected chi connectivity index (χ1v) is 8.15. The monoisotopic (exact) mass is 342 g/mol. The fourth-order valence-corrected chi connectivity index (χ4v) is 2.64. The van der Waals surface area contributed by atoms with Crippen molar-refractivity contribution in [2.75, 3.05) is 6.54 Å². The van der Waals surface area contributed by atoms with Gasteiger partial charge in [-0.3, -0.25) is 4.79 Å². The summed E-state index contributed by atoms with van der Waals surface area (Å²) in [5.41, 5.74) is 1.17. The number of carbonyl (C=O) groups excluding carboxylic acids is 1. The molecule has 0 aliphatic rings. The van der Waals surface area contributed by atoms with Gasteiger partial charge in [0, 0.05) is 13.0 Å². The van der Waals surface area contributed by atoms with Crippen LogP contribution in [0.5, 0.6) is 0 Å². The Labute approximate surface area is 144 Å². The molecule has 3 aromatic rings. The highest BCUT2D eigenvalue weighted by molar-refractivity contribution is 5.91. The van der Waals surface area contributed by atoms with Gasteiger partial charge < -0.3 is 9.73 Å². The fourth-order valence-electron chi connectivity index (χ4n) is 2.64. The van der Waals surface area contributed by atoms with Crippen molar-refractivity contribution in [1.82, 2.24) is 20.3 Å². The van der Waals surface area contributed by atoms with Crippen LogP contribution in [0.1, 0.15) is 41.2 Å². The highest BCUT2D eigenvalue weighted by Crippen LogP contribution is 2.21. The number of halogens is 1. The average molecular weight is 342 g/mol. The summed E-state index contributed by atoms with van der Waals surface area (Å²) < 4.78 is 19.9. The second-order valence-electron chi connectivity index (χ2n) is 5.64. The van der Waals surface area contributed by atoms with Gasteiger partial charge >= 0.3 is 0 Å². The Kier molecular flexibility index (Phi) is 5.23. The second-order valence-corrected chi connectivity index (χ2v) is 5.64. The van der Waals surface area contributed by atoms with Gasteiger partial charge in [-0.2, -0.15) is 0 Å². The van der Waals surface area contributed by atoms with Crippen molar-refractivity contribution in [3.63, 3.8) is 0 Å². The number of carbonyl (C=O) groups is 1. The first kappa shape index (κ1) is 16.9. The summed E-state index contributed by atoms with van der Waals surface area (Å²) in [5, 5.41) is 10.8. The maximum atomic E-state index is 13.1. The van der Waals surface area contributed by atoms with Gasteiger partial charge in [-0.15, -0.1) is 5.10 Å². The maximum Gasteiger partial charge on any atom is 0.273 e. The number of hydrogen-bond acceptors (Lipinski definition) is 4. The van der Waals surface area contributed by atoms with E-state index in [-0.39, 0.29) is 23.5 Å². The van der Waals surface area contributed by atoms with Gasteiger partial charge in [0.15, 0.2) is 5.69 Å². The van der Waals surface area contributed by atoms with Crippen LogP contribution in [-0.4, -0.2) is 27.4 Å². The molecule has 1 aromatic carbocycles. The molecule has 0 saturated carbocycles. The molecule has 1 amide bonds. The van der Waals surface area contributed by atoms with E-state index in [1.54, 1.807) is 29.3 Å². The van der Waals surface area contributed by atoms with Crippen molar-refractivity contribution >= 4 is 5.91 Å². The van der Waals surface area contributed by atoms with Crippen LogP contribution in [0.15, 0.2) is 53.3 Å². The van der Waals surface area contributed by atoms with Crippen molar-refractivity contribution in [2.24, 2.45) is 0 Å². The largest absolute Gasteiger partial charge is 0.469 e. The molecule has 0 aliphatic carbocycles. The molecule has 0 saturated heterocycles. The lowest BCUT2D eigenvalue weighted by atomic mass is 10.0. The zero-order valence-electron chi connectivity index (χ0n) is 13.9. The van der Waals surface area contributed by atoms with Gasteiger partial charge in [0.25, 0.3) is 5.91 Å². The minimum absolute atomic E-state index is 0.0993. The Morgan fingerprint density at radius 3 is 2.80 bits per heavy atom. The van der Waals surface area contributed by atoms with Crippen molar-refractivity contribution < 1.29 is 13.6 Å². The van der Waals surface area contributed by atoms with E-state index in [1.165, 1.54) is 12.1 Å². The second kappa shape index (κ2) is 7.74. The molecule has 130 valence electrons. The average Bonchev–Trinajstić information content (AvgIpc) is 3.29. The van der Waals surface area contributed by atoms with E-state index in [1.807, 2.05) is 19.1 Å². The third kappa shape index (κ3) is 4.12. The first-order chi connectivity index (χ1) is 12.2. The van der Waals surface area contributed by atoms with Gasteiger partial charge in [-0.25, -0.2) is 9.07 Å². The molecule has 2 heterocycles. The summed E-state index contributed by atoms with van der Waals surface area (Å²) in [7, 11) is 0. The maximum absolute atomic E-state index is 13.1. The highest BCUT2D eigenvalue weighted by Gasteiger charge is 2.17. The van der Waals surface area contributed by atoms with E-state index < -0.39 is 0 Å². The van der Waals surface area contributed by atoms with E-state index in [4.69, 9.17) is 4.42 Å². The lowest BCUT2D eigenvalue weighted by Gasteiger charge is -2.14. The van der Waals surface area contributed by atoms with Crippen LogP contribution in [0, 0.1) is 5.82 Å².